The van der Waals surface area contributed by atoms with Crippen LogP contribution >= 0.6 is 12.2 Å². The molecular formula is C20H16F2N4S. The maximum atomic E-state index is 13.4. The highest BCUT2D eigenvalue weighted by Crippen LogP contribution is 2.29. The molecule has 0 atom stereocenters. The van der Waals surface area contributed by atoms with Gasteiger partial charge in [-0.1, -0.05) is 12.2 Å². The van der Waals surface area contributed by atoms with Gasteiger partial charge in [-0.25, -0.2) is 13.8 Å². The van der Waals surface area contributed by atoms with E-state index in [4.69, 9.17) is 17.5 Å². The molecule has 1 saturated heterocycles. The van der Waals surface area contributed by atoms with E-state index < -0.39 is 5.92 Å². The fourth-order valence-corrected chi connectivity index (χ4v) is 3.56. The summed E-state index contributed by atoms with van der Waals surface area (Å²) in [6.45, 7) is 0.520. The van der Waals surface area contributed by atoms with Crippen molar-refractivity contribution in [3.8, 4) is 11.8 Å². The van der Waals surface area contributed by atoms with E-state index >= 15 is 0 Å². The van der Waals surface area contributed by atoms with Crippen molar-refractivity contribution in [1.29, 1.82) is 5.26 Å². The number of benzene rings is 1. The van der Waals surface area contributed by atoms with Crippen LogP contribution in [0, 0.1) is 11.3 Å². The van der Waals surface area contributed by atoms with Gasteiger partial charge in [0.15, 0.2) is 0 Å². The highest BCUT2D eigenvalue weighted by Gasteiger charge is 2.34. The number of nitrogens with zero attached hydrogens (tertiary/aromatic N) is 4. The number of hydrogen-bond acceptors (Lipinski definition) is 3. The van der Waals surface area contributed by atoms with Crippen molar-refractivity contribution in [1.82, 2.24) is 14.5 Å². The van der Waals surface area contributed by atoms with Crippen LogP contribution in [-0.2, 0) is 0 Å². The molecule has 27 heavy (non-hydrogen) atoms. The molecule has 2 aromatic heterocycles. The second kappa shape index (κ2) is 6.71. The smallest absolute Gasteiger partial charge is 0.251 e. The molecule has 4 nitrogen and oxygen atoms in total. The first-order chi connectivity index (χ1) is 13.0. The third-order valence-electron chi connectivity index (χ3n) is 4.83. The van der Waals surface area contributed by atoms with E-state index in [2.05, 4.69) is 11.1 Å². The minimum absolute atomic E-state index is 0.169. The molecule has 0 aliphatic carbocycles. The topological polar surface area (TPSA) is 44.9 Å². The zero-order valence-corrected chi connectivity index (χ0v) is 15.2. The van der Waals surface area contributed by atoms with Crippen molar-refractivity contribution in [3.63, 3.8) is 0 Å². The van der Waals surface area contributed by atoms with Crippen molar-refractivity contribution >= 4 is 28.2 Å². The maximum absolute atomic E-state index is 13.4. The molecule has 7 heteroatoms. The van der Waals surface area contributed by atoms with Gasteiger partial charge < -0.3 is 9.47 Å². The van der Waals surface area contributed by atoms with E-state index in [9.17, 15) is 8.78 Å². The molecule has 3 aromatic rings. The zero-order valence-electron chi connectivity index (χ0n) is 14.4. The summed E-state index contributed by atoms with van der Waals surface area (Å²) in [4.78, 5) is 6.93. The summed E-state index contributed by atoms with van der Waals surface area (Å²) in [5.74, 6) is -2.59. The van der Waals surface area contributed by atoms with Crippen LogP contribution in [0.1, 0.15) is 24.0 Å². The molecule has 0 radical (unpaired) electrons. The van der Waals surface area contributed by atoms with Gasteiger partial charge in [0.25, 0.3) is 5.92 Å². The average molecular weight is 382 g/mol. The predicted octanol–water partition coefficient (Wildman–Crippen LogP) is 4.30. The Morgan fingerprint density at radius 2 is 1.85 bits per heavy atom. The number of alkyl halides is 2. The van der Waals surface area contributed by atoms with Gasteiger partial charge in [0.05, 0.1) is 11.6 Å². The third kappa shape index (κ3) is 3.40. The number of hydrogen-bond donors (Lipinski definition) is 0. The molecule has 3 heterocycles. The Bertz CT molecular complexity index is 1040. The van der Waals surface area contributed by atoms with E-state index in [1.165, 1.54) is 0 Å². The van der Waals surface area contributed by atoms with Crippen LogP contribution in [0.3, 0.4) is 0 Å². The summed E-state index contributed by atoms with van der Waals surface area (Å²) in [7, 11) is 0. The van der Waals surface area contributed by atoms with Crippen molar-refractivity contribution in [3.05, 3.63) is 59.9 Å². The zero-order chi connectivity index (χ0) is 19.0. The van der Waals surface area contributed by atoms with Gasteiger partial charge >= 0.3 is 0 Å². The third-order valence-corrected chi connectivity index (χ3v) is 5.32. The predicted molar refractivity (Wildman–Crippen MR) is 103 cm³/mol. The van der Waals surface area contributed by atoms with Gasteiger partial charge in [-0.3, -0.25) is 0 Å². The fourth-order valence-electron chi connectivity index (χ4n) is 3.27. The van der Waals surface area contributed by atoms with Crippen LogP contribution in [0.15, 0.2) is 48.8 Å². The minimum Gasteiger partial charge on any atom is -0.362 e. The number of pyridine rings is 1. The number of thiocarbonyl (C=S) groups is 1. The van der Waals surface area contributed by atoms with Gasteiger partial charge in [0.2, 0.25) is 0 Å². The van der Waals surface area contributed by atoms with Gasteiger partial charge in [0.1, 0.15) is 10.6 Å². The molecule has 1 aliphatic heterocycles. The summed E-state index contributed by atoms with van der Waals surface area (Å²) >= 11 is 5.51. The fraction of sp³-hybridized carbons (Fsp3) is 0.250. The number of piperidine rings is 1. The van der Waals surface area contributed by atoms with E-state index in [0.29, 0.717) is 10.6 Å². The number of likely N-dealkylation sites (tertiary alicyclic amines) is 1. The van der Waals surface area contributed by atoms with Gasteiger partial charge in [-0.05, 0) is 36.4 Å². The van der Waals surface area contributed by atoms with E-state index in [1.54, 1.807) is 18.3 Å². The van der Waals surface area contributed by atoms with Crippen molar-refractivity contribution in [2.75, 3.05) is 13.1 Å². The Balaban J connectivity index is 1.60. The van der Waals surface area contributed by atoms with Crippen molar-refractivity contribution < 1.29 is 8.78 Å². The van der Waals surface area contributed by atoms with E-state index in [1.807, 2.05) is 39.9 Å². The van der Waals surface area contributed by atoms with Crippen LogP contribution in [0.2, 0.25) is 0 Å². The SMILES string of the molecule is N#Cc1ccc(-n2ccc3cc(C(=S)N4CCC(F)(F)CC4)cnc32)cc1. The van der Waals surface area contributed by atoms with Crippen LogP contribution < -0.4 is 0 Å². The number of nitriles is 1. The van der Waals surface area contributed by atoms with E-state index in [-0.39, 0.29) is 25.9 Å². The molecule has 1 aliphatic rings. The van der Waals surface area contributed by atoms with Crippen LogP contribution in [0.25, 0.3) is 16.7 Å². The lowest BCUT2D eigenvalue weighted by Crippen LogP contribution is -2.42. The molecule has 136 valence electrons. The molecule has 4 rings (SSSR count). The van der Waals surface area contributed by atoms with Gasteiger partial charge in [-0.2, -0.15) is 5.26 Å². The van der Waals surface area contributed by atoms with Gasteiger partial charge in [0, 0.05) is 55.0 Å². The maximum Gasteiger partial charge on any atom is 0.251 e. The summed E-state index contributed by atoms with van der Waals surface area (Å²) < 4.78 is 28.7. The van der Waals surface area contributed by atoms with Gasteiger partial charge in [-0.15, -0.1) is 0 Å². The highest BCUT2D eigenvalue weighted by molar-refractivity contribution is 7.80. The lowest BCUT2D eigenvalue weighted by molar-refractivity contribution is -0.0430. The lowest BCUT2D eigenvalue weighted by atomic mass is 10.1. The number of rotatable bonds is 2. The molecule has 0 spiro atoms. The van der Waals surface area contributed by atoms with Crippen molar-refractivity contribution in [2.24, 2.45) is 0 Å². The highest BCUT2D eigenvalue weighted by atomic mass is 32.1. The largest absolute Gasteiger partial charge is 0.362 e. The molecule has 0 N–H and O–H groups in total. The molecule has 0 saturated carbocycles. The first-order valence-corrected chi connectivity index (χ1v) is 9.02. The monoisotopic (exact) mass is 382 g/mol. The molecular weight excluding hydrogens is 366 g/mol. The first kappa shape index (κ1) is 17.6. The molecule has 1 aromatic carbocycles. The standard InChI is InChI=1S/C20H16F2N4S/c21-20(22)6-9-25(10-7-20)19(27)16-11-15-5-8-26(18(15)24-13-16)17-3-1-14(12-23)2-4-17/h1-5,8,11,13H,6-7,9-10H2. The minimum atomic E-state index is -2.59. The Hall–Kier alpha value is -2.85. The average Bonchev–Trinajstić information content (AvgIpc) is 3.10. The lowest BCUT2D eigenvalue weighted by Gasteiger charge is -2.33. The number of aromatic nitrogens is 2. The second-order valence-corrected chi connectivity index (χ2v) is 7.02. The van der Waals surface area contributed by atoms with Crippen LogP contribution in [-0.4, -0.2) is 38.5 Å². The Labute approximate surface area is 160 Å². The van der Waals surface area contributed by atoms with E-state index in [0.717, 1.165) is 22.3 Å². The Kier molecular flexibility index (Phi) is 4.36. The van der Waals surface area contributed by atoms with Crippen LogP contribution in [0.5, 0.6) is 0 Å². The van der Waals surface area contributed by atoms with Crippen molar-refractivity contribution in [2.45, 2.75) is 18.8 Å². The first-order valence-electron chi connectivity index (χ1n) is 8.62. The second-order valence-electron chi connectivity index (χ2n) is 6.63. The number of halogens is 2. The quantitative estimate of drug-likeness (QED) is 0.620. The summed E-state index contributed by atoms with van der Waals surface area (Å²) in [6.07, 6.45) is 3.26. The summed E-state index contributed by atoms with van der Waals surface area (Å²) in [5, 5.41) is 9.84. The molecule has 0 bridgehead atoms. The Morgan fingerprint density at radius 3 is 2.52 bits per heavy atom. The molecule has 1 fully saturated rings. The van der Waals surface area contributed by atoms with Crippen LogP contribution in [0.4, 0.5) is 8.78 Å². The number of fused-ring (bicyclic) bond motifs is 1. The molecule has 0 amide bonds. The molecule has 0 unspecified atom stereocenters. The Morgan fingerprint density at radius 1 is 1.15 bits per heavy atom. The summed E-state index contributed by atoms with van der Waals surface area (Å²) in [6, 6.07) is 13.2. The summed E-state index contributed by atoms with van der Waals surface area (Å²) in [5.41, 5.74) is 3.05. The normalized spacial score (nSPS) is 16.3.